The van der Waals surface area contributed by atoms with Crippen LogP contribution >= 0.6 is 45.8 Å². The van der Waals surface area contributed by atoms with E-state index in [-0.39, 0.29) is 42.1 Å². The van der Waals surface area contributed by atoms with Crippen LogP contribution in [0.2, 0.25) is 10.0 Å². The SMILES string of the molecule is CCOc1cc(C=NN2C(=O)[C@@H]3[C@H](C2=O)[C@H]2C=C[C@H]3C2)cc(I)c1OCc1ccc(Cl)cc1Cl. The van der Waals surface area contributed by atoms with E-state index in [9.17, 15) is 9.59 Å². The summed E-state index contributed by atoms with van der Waals surface area (Å²) in [4.78, 5) is 25.7. The second-order valence-corrected chi connectivity index (χ2v) is 10.5. The van der Waals surface area contributed by atoms with Crippen LogP contribution in [-0.2, 0) is 16.2 Å². The molecule has 1 saturated carbocycles. The highest BCUT2D eigenvalue weighted by Gasteiger charge is 2.59. The number of imide groups is 1. The molecule has 5 rings (SSSR count). The first-order valence-electron chi connectivity index (χ1n) is 11.0. The van der Waals surface area contributed by atoms with Gasteiger partial charge < -0.3 is 9.47 Å². The normalized spacial score (nSPS) is 25.0. The first-order chi connectivity index (χ1) is 16.4. The molecule has 0 unspecified atom stereocenters. The summed E-state index contributed by atoms with van der Waals surface area (Å²) in [6.45, 7) is 2.57. The van der Waals surface area contributed by atoms with Gasteiger partial charge in [0.15, 0.2) is 11.5 Å². The van der Waals surface area contributed by atoms with Gasteiger partial charge in [0, 0.05) is 15.6 Å². The number of hydrazone groups is 1. The summed E-state index contributed by atoms with van der Waals surface area (Å²) in [6.07, 6.45) is 6.55. The van der Waals surface area contributed by atoms with Gasteiger partial charge in [0.25, 0.3) is 11.8 Å². The molecule has 0 radical (unpaired) electrons. The summed E-state index contributed by atoms with van der Waals surface area (Å²) in [5.74, 6) is 0.481. The fourth-order valence-corrected chi connectivity index (χ4v) is 6.22. The zero-order valence-electron chi connectivity index (χ0n) is 18.2. The molecule has 2 aliphatic carbocycles. The summed E-state index contributed by atoms with van der Waals surface area (Å²) in [5, 5.41) is 6.40. The van der Waals surface area contributed by atoms with Crippen molar-refractivity contribution in [3.63, 3.8) is 0 Å². The molecule has 4 atom stereocenters. The van der Waals surface area contributed by atoms with Crippen molar-refractivity contribution in [3.8, 4) is 11.5 Å². The van der Waals surface area contributed by atoms with Gasteiger partial charge in [-0.2, -0.15) is 10.1 Å². The lowest BCUT2D eigenvalue weighted by molar-refractivity contribution is -0.140. The Morgan fingerprint density at radius 2 is 1.79 bits per heavy atom. The molecule has 1 heterocycles. The Morgan fingerprint density at radius 3 is 2.44 bits per heavy atom. The third kappa shape index (κ3) is 4.22. The van der Waals surface area contributed by atoms with Gasteiger partial charge in [-0.25, -0.2) is 0 Å². The smallest absolute Gasteiger partial charge is 0.254 e. The quantitative estimate of drug-likeness (QED) is 0.174. The van der Waals surface area contributed by atoms with Gasteiger partial charge >= 0.3 is 0 Å². The number of amides is 2. The van der Waals surface area contributed by atoms with Gasteiger partial charge in [-0.05, 0) is 77.6 Å². The lowest BCUT2D eigenvalue weighted by Crippen LogP contribution is -2.28. The molecule has 9 heteroatoms. The number of benzene rings is 2. The highest BCUT2D eigenvalue weighted by Crippen LogP contribution is 2.52. The van der Waals surface area contributed by atoms with E-state index in [1.807, 2.05) is 19.1 Å². The molecule has 2 amide bonds. The summed E-state index contributed by atoms with van der Waals surface area (Å²) in [5.41, 5.74) is 1.50. The summed E-state index contributed by atoms with van der Waals surface area (Å²) in [6, 6.07) is 8.90. The van der Waals surface area contributed by atoms with Crippen LogP contribution in [-0.4, -0.2) is 29.6 Å². The molecule has 3 aliphatic rings. The first kappa shape index (κ1) is 23.6. The number of hydrogen-bond acceptors (Lipinski definition) is 5. The minimum atomic E-state index is -0.269. The van der Waals surface area contributed by atoms with Crippen molar-refractivity contribution < 1.29 is 19.1 Å². The number of fused-ring (bicyclic) bond motifs is 5. The minimum absolute atomic E-state index is 0.155. The van der Waals surface area contributed by atoms with Crippen molar-refractivity contribution in [1.29, 1.82) is 0 Å². The van der Waals surface area contributed by atoms with Gasteiger partial charge in [-0.1, -0.05) is 41.4 Å². The van der Waals surface area contributed by atoms with Crippen molar-refractivity contribution >= 4 is 63.8 Å². The molecule has 0 aromatic heterocycles. The molecule has 6 nitrogen and oxygen atoms in total. The number of carbonyl (C=O) groups excluding carboxylic acids is 2. The second-order valence-electron chi connectivity index (χ2n) is 8.52. The second kappa shape index (κ2) is 9.51. The van der Waals surface area contributed by atoms with Crippen molar-refractivity contribution in [1.82, 2.24) is 5.01 Å². The third-order valence-corrected chi connectivity index (χ3v) is 7.88. The zero-order valence-corrected chi connectivity index (χ0v) is 21.9. The molecule has 0 spiro atoms. The number of rotatable bonds is 7. The van der Waals surface area contributed by atoms with Gasteiger partial charge in [0.05, 0.1) is 28.2 Å². The molecule has 0 N–H and O–H groups in total. The summed E-state index contributed by atoms with van der Waals surface area (Å²) < 4.78 is 12.7. The number of halogens is 3. The maximum atomic E-state index is 12.9. The lowest BCUT2D eigenvalue weighted by atomic mass is 9.85. The third-order valence-electron chi connectivity index (χ3n) is 6.49. The van der Waals surface area contributed by atoms with E-state index in [1.54, 1.807) is 18.2 Å². The van der Waals surface area contributed by atoms with E-state index in [1.165, 1.54) is 6.21 Å². The van der Waals surface area contributed by atoms with E-state index in [4.69, 9.17) is 32.7 Å². The number of nitrogens with zero attached hydrogens (tertiary/aromatic N) is 2. The molecule has 1 aliphatic heterocycles. The van der Waals surface area contributed by atoms with E-state index in [0.29, 0.717) is 33.7 Å². The minimum Gasteiger partial charge on any atom is -0.490 e. The van der Waals surface area contributed by atoms with E-state index >= 15 is 0 Å². The maximum absolute atomic E-state index is 12.9. The van der Waals surface area contributed by atoms with Gasteiger partial charge in [-0.3, -0.25) is 9.59 Å². The Morgan fingerprint density at radius 1 is 1.09 bits per heavy atom. The molecular weight excluding hydrogens is 590 g/mol. The average molecular weight is 611 g/mol. The highest BCUT2D eigenvalue weighted by molar-refractivity contribution is 14.1. The predicted molar refractivity (Wildman–Crippen MR) is 138 cm³/mol. The predicted octanol–water partition coefficient (Wildman–Crippen LogP) is 5.72. The maximum Gasteiger partial charge on any atom is 0.254 e. The van der Waals surface area contributed by atoms with Crippen molar-refractivity contribution in [2.75, 3.05) is 6.61 Å². The van der Waals surface area contributed by atoms with Crippen molar-refractivity contribution in [3.05, 3.63) is 67.2 Å². The molecular formula is C25H21Cl2IN2O4. The summed E-state index contributed by atoms with van der Waals surface area (Å²) in [7, 11) is 0. The monoisotopic (exact) mass is 610 g/mol. The zero-order chi connectivity index (χ0) is 24.0. The Hall–Kier alpha value is -2.10. The summed E-state index contributed by atoms with van der Waals surface area (Å²) >= 11 is 14.4. The van der Waals surface area contributed by atoms with Crippen LogP contribution in [0.15, 0.2) is 47.6 Å². The molecule has 2 fully saturated rings. The van der Waals surface area contributed by atoms with Gasteiger partial charge in [-0.15, -0.1) is 0 Å². The van der Waals surface area contributed by atoms with Crippen molar-refractivity contribution in [2.45, 2.75) is 20.0 Å². The molecule has 2 aromatic carbocycles. The standard InChI is InChI=1S/C25H21Cl2IN2O4/c1-2-33-20-8-13(7-19(28)23(20)34-12-16-5-6-17(26)10-18(16)27)11-29-30-24(31)21-14-3-4-15(9-14)22(21)25(30)32/h3-8,10-11,14-15,21-22H,2,9,12H2,1H3/t14-,15-,21-,22+/m0/s1. The van der Waals surface area contributed by atoms with Crippen LogP contribution < -0.4 is 9.47 Å². The van der Waals surface area contributed by atoms with E-state index in [2.05, 4.69) is 39.8 Å². The van der Waals surface area contributed by atoms with Gasteiger partial charge in [0.2, 0.25) is 0 Å². The van der Waals surface area contributed by atoms with Crippen LogP contribution in [0.5, 0.6) is 11.5 Å². The molecule has 34 heavy (non-hydrogen) atoms. The highest BCUT2D eigenvalue weighted by atomic mass is 127. The first-order valence-corrected chi connectivity index (χ1v) is 12.8. The average Bonchev–Trinajstić information content (AvgIpc) is 3.47. The van der Waals surface area contributed by atoms with Crippen LogP contribution in [0.25, 0.3) is 0 Å². The fraction of sp³-hybridized carbons (Fsp3) is 0.320. The Labute approximate surface area is 221 Å². The van der Waals surface area contributed by atoms with Crippen LogP contribution in [0.3, 0.4) is 0 Å². The van der Waals surface area contributed by atoms with Gasteiger partial charge in [0.1, 0.15) is 6.61 Å². The number of carbonyl (C=O) groups is 2. The molecule has 1 saturated heterocycles. The number of ether oxygens (including phenoxy) is 2. The van der Waals surface area contributed by atoms with Crippen LogP contribution in [0.1, 0.15) is 24.5 Å². The van der Waals surface area contributed by atoms with Crippen LogP contribution in [0, 0.1) is 27.2 Å². The Balaban J connectivity index is 1.35. The molecule has 2 aromatic rings. The number of allylic oxidation sites excluding steroid dienone is 2. The molecule has 2 bridgehead atoms. The van der Waals surface area contributed by atoms with Crippen LogP contribution in [0.4, 0.5) is 0 Å². The van der Waals surface area contributed by atoms with E-state index in [0.717, 1.165) is 20.6 Å². The largest absolute Gasteiger partial charge is 0.490 e. The van der Waals surface area contributed by atoms with Crippen molar-refractivity contribution in [2.24, 2.45) is 28.8 Å². The lowest BCUT2D eigenvalue weighted by Gasteiger charge is -2.15. The topological polar surface area (TPSA) is 68.2 Å². The fourth-order valence-electron chi connectivity index (χ4n) is 4.98. The van der Waals surface area contributed by atoms with E-state index < -0.39 is 0 Å². The number of hydrogen-bond donors (Lipinski definition) is 0. The Bertz CT molecular complexity index is 1200. The Kier molecular flexibility index (Phi) is 6.61. The molecule has 176 valence electrons.